The molecule has 1 fully saturated rings. The van der Waals surface area contributed by atoms with Gasteiger partial charge in [0.05, 0.1) is 5.69 Å². The quantitative estimate of drug-likeness (QED) is 0.627. The minimum atomic E-state index is -0.546. The van der Waals surface area contributed by atoms with Gasteiger partial charge in [0.15, 0.2) is 0 Å². The predicted octanol–water partition coefficient (Wildman–Crippen LogP) is 3.79. The van der Waals surface area contributed by atoms with E-state index >= 15 is 0 Å². The number of hydrogen-bond acceptors (Lipinski definition) is 5. The van der Waals surface area contributed by atoms with Gasteiger partial charge < -0.3 is 5.32 Å². The van der Waals surface area contributed by atoms with Crippen molar-refractivity contribution in [3.63, 3.8) is 0 Å². The maximum absolute atomic E-state index is 13.3. The van der Waals surface area contributed by atoms with Crippen molar-refractivity contribution in [2.24, 2.45) is 0 Å². The monoisotopic (exact) mass is 423 g/mol. The molecule has 1 aliphatic heterocycles. The molecule has 1 aromatic carbocycles. The van der Waals surface area contributed by atoms with Crippen LogP contribution in [-0.2, 0) is 19.4 Å². The van der Waals surface area contributed by atoms with Crippen molar-refractivity contribution in [2.45, 2.75) is 38.8 Å². The molecule has 1 atom stereocenters. The Morgan fingerprint density at radius 1 is 1.06 bits per heavy atom. The topological polar surface area (TPSA) is 53.9 Å². The molecule has 1 saturated heterocycles. The number of nitrogens with zero attached hydrogens (tertiary/aromatic N) is 4. The van der Waals surface area contributed by atoms with E-state index < -0.39 is 11.6 Å². The van der Waals surface area contributed by atoms with Crippen LogP contribution in [-0.4, -0.2) is 45.5 Å². The van der Waals surface area contributed by atoms with Gasteiger partial charge in [0, 0.05) is 68.9 Å². The Labute approximate surface area is 181 Å². The van der Waals surface area contributed by atoms with Crippen LogP contribution in [0.15, 0.2) is 48.9 Å². The van der Waals surface area contributed by atoms with Crippen LogP contribution in [0.4, 0.5) is 8.78 Å². The van der Waals surface area contributed by atoms with E-state index in [0.29, 0.717) is 30.9 Å². The van der Waals surface area contributed by atoms with E-state index in [1.807, 2.05) is 18.5 Å². The van der Waals surface area contributed by atoms with Crippen LogP contribution in [0.5, 0.6) is 0 Å². The van der Waals surface area contributed by atoms with Crippen molar-refractivity contribution < 1.29 is 8.78 Å². The number of aryl methyl sites for hydroxylation is 2. The molecule has 1 aliphatic rings. The van der Waals surface area contributed by atoms with E-state index in [1.165, 1.54) is 17.7 Å². The zero-order valence-electron chi connectivity index (χ0n) is 17.7. The summed E-state index contributed by atoms with van der Waals surface area (Å²) in [5.74, 6) is -0.373. The van der Waals surface area contributed by atoms with Gasteiger partial charge in [0.2, 0.25) is 0 Å². The minimum Gasteiger partial charge on any atom is -0.314 e. The summed E-state index contributed by atoms with van der Waals surface area (Å²) in [6, 6.07) is 8.16. The normalized spacial score (nSPS) is 17.1. The number of pyridine rings is 1. The first-order chi connectivity index (χ1) is 15.1. The lowest BCUT2D eigenvalue weighted by Crippen LogP contribution is -2.49. The zero-order valence-corrected chi connectivity index (χ0v) is 17.7. The van der Waals surface area contributed by atoms with Crippen LogP contribution >= 0.6 is 0 Å². The Hall–Kier alpha value is -2.77. The second-order valence-corrected chi connectivity index (χ2v) is 8.09. The lowest BCUT2D eigenvalue weighted by molar-refractivity contribution is 0.165. The molecule has 0 amide bonds. The molecule has 5 nitrogen and oxygen atoms in total. The summed E-state index contributed by atoms with van der Waals surface area (Å²) in [6.45, 7) is 6.14. The van der Waals surface area contributed by atoms with Gasteiger partial charge in [-0.25, -0.2) is 18.7 Å². The number of piperazine rings is 1. The third kappa shape index (κ3) is 5.89. The average molecular weight is 424 g/mol. The SMILES string of the molecule is C[C@H]1CNCCN1Cc1cncc(-c2ccnc(CCCc3cc(F)cc(F)c3)n2)c1. The van der Waals surface area contributed by atoms with Gasteiger partial charge in [-0.05, 0) is 55.2 Å². The molecule has 0 spiro atoms. The van der Waals surface area contributed by atoms with Crippen molar-refractivity contribution in [1.29, 1.82) is 0 Å². The zero-order chi connectivity index (χ0) is 21.6. The summed E-state index contributed by atoms with van der Waals surface area (Å²) < 4.78 is 26.7. The molecule has 0 unspecified atom stereocenters. The van der Waals surface area contributed by atoms with Gasteiger partial charge in [0.1, 0.15) is 17.5 Å². The second-order valence-electron chi connectivity index (χ2n) is 8.09. The second kappa shape index (κ2) is 10.0. The largest absolute Gasteiger partial charge is 0.314 e. The molecule has 1 N–H and O–H groups in total. The Bertz CT molecular complexity index is 1010. The van der Waals surface area contributed by atoms with Crippen molar-refractivity contribution in [3.05, 3.63) is 77.5 Å². The smallest absolute Gasteiger partial charge is 0.128 e. The molecule has 7 heteroatoms. The number of nitrogens with one attached hydrogen (secondary N) is 1. The average Bonchev–Trinajstić information content (AvgIpc) is 2.75. The van der Waals surface area contributed by atoms with Gasteiger partial charge in [-0.3, -0.25) is 9.88 Å². The lowest BCUT2D eigenvalue weighted by atomic mass is 10.1. The Morgan fingerprint density at radius 3 is 2.71 bits per heavy atom. The number of hydrogen-bond donors (Lipinski definition) is 1. The van der Waals surface area contributed by atoms with Crippen LogP contribution in [0.2, 0.25) is 0 Å². The lowest BCUT2D eigenvalue weighted by Gasteiger charge is -2.33. The molecule has 0 saturated carbocycles. The predicted molar refractivity (Wildman–Crippen MR) is 116 cm³/mol. The first-order valence-corrected chi connectivity index (χ1v) is 10.7. The van der Waals surface area contributed by atoms with Gasteiger partial charge in [-0.15, -0.1) is 0 Å². The van der Waals surface area contributed by atoms with Crippen LogP contribution in [0.25, 0.3) is 11.3 Å². The van der Waals surface area contributed by atoms with E-state index in [2.05, 4.69) is 38.2 Å². The molecule has 3 heterocycles. The first-order valence-electron chi connectivity index (χ1n) is 10.7. The summed E-state index contributed by atoms with van der Waals surface area (Å²) in [7, 11) is 0. The summed E-state index contributed by atoms with van der Waals surface area (Å²) in [4.78, 5) is 15.9. The van der Waals surface area contributed by atoms with E-state index in [4.69, 9.17) is 0 Å². The number of benzene rings is 1. The number of rotatable bonds is 7. The molecule has 3 aromatic rings. The highest BCUT2D eigenvalue weighted by Gasteiger charge is 2.18. The maximum Gasteiger partial charge on any atom is 0.128 e. The highest BCUT2D eigenvalue weighted by molar-refractivity contribution is 5.58. The molecule has 4 rings (SSSR count). The highest BCUT2D eigenvalue weighted by atomic mass is 19.1. The van der Waals surface area contributed by atoms with Gasteiger partial charge >= 0.3 is 0 Å². The van der Waals surface area contributed by atoms with Crippen molar-refractivity contribution in [2.75, 3.05) is 19.6 Å². The summed E-state index contributed by atoms with van der Waals surface area (Å²) >= 11 is 0. The summed E-state index contributed by atoms with van der Waals surface area (Å²) in [5.41, 5.74) is 3.62. The fourth-order valence-electron chi connectivity index (χ4n) is 3.95. The van der Waals surface area contributed by atoms with E-state index in [-0.39, 0.29) is 0 Å². The third-order valence-electron chi connectivity index (χ3n) is 5.61. The molecular weight excluding hydrogens is 396 g/mol. The van der Waals surface area contributed by atoms with Crippen molar-refractivity contribution in [3.8, 4) is 11.3 Å². The van der Waals surface area contributed by atoms with Crippen LogP contribution in [0, 0.1) is 11.6 Å². The Balaban J connectivity index is 1.40. The van der Waals surface area contributed by atoms with Crippen molar-refractivity contribution >= 4 is 0 Å². The Morgan fingerprint density at radius 2 is 1.90 bits per heavy atom. The first kappa shape index (κ1) is 21.5. The molecule has 31 heavy (non-hydrogen) atoms. The van der Waals surface area contributed by atoms with Gasteiger partial charge in [-0.1, -0.05) is 0 Å². The van der Waals surface area contributed by atoms with Gasteiger partial charge in [-0.2, -0.15) is 0 Å². The van der Waals surface area contributed by atoms with E-state index in [1.54, 1.807) is 6.20 Å². The van der Waals surface area contributed by atoms with E-state index in [0.717, 1.165) is 49.3 Å². The van der Waals surface area contributed by atoms with Crippen LogP contribution in [0.1, 0.15) is 30.3 Å². The maximum atomic E-state index is 13.3. The standard InChI is InChI=1S/C24H27F2N5/c1-17-13-27-7-8-31(17)16-19-9-20(15-28-14-19)23-5-6-29-24(30-23)4-2-3-18-10-21(25)12-22(26)11-18/h5-6,9-12,14-15,17,27H,2-4,7-8,13,16H2,1H3/t17-/m0/s1. The van der Waals surface area contributed by atoms with Crippen molar-refractivity contribution in [1.82, 2.24) is 25.2 Å². The minimum absolute atomic E-state index is 0.495. The summed E-state index contributed by atoms with van der Waals surface area (Å²) in [5, 5.41) is 3.41. The highest BCUT2D eigenvalue weighted by Crippen LogP contribution is 2.19. The Kier molecular flexibility index (Phi) is 6.94. The molecule has 0 radical (unpaired) electrons. The number of halogens is 2. The van der Waals surface area contributed by atoms with E-state index in [9.17, 15) is 8.78 Å². The molecular formula is C24H27F2N5. The fraction of sp³-hybridized carbons (Fsp3) is 0.375. The molecule has 0 aliphatic carbocycles. The van der Waals surface area contributed by atoms with Crippen LogP contribution in [0.3, 0.4) is 0 Å². The summed E-state index contributed by atoms with van der Waals surface area (Å²) in [6.07, 6.45) is 7.42. The van der Waals surface area contributed by atoms with Gasteiger partial charge in [0.25, 0.3) is 0 Å². The molecule has 0 bridgehead atoms. The molecule has 2 aromatic heterocycles. The number of aromatic nitrogens is 3. The molecule has 162 valence electrons. The third-order valence-corrected chi connectivity index (χ3v) is 5.61. The fourth-order valence-corrected chi connectivity index (χ4v) is 3.95. The van der Waals surface area contributed by atoms with Crippen LogP contribution < -0.4 is 5.32 Å².